The van der Waals surface area contributed by atoms with E-state index < -0.39 is 23.2 Å². The molecule has 0 saturated carbocycles. The number of carboxylic acids is 1. The third-order valence-corrected chi connectivity index (χ3v) is 3.13. The predicted octanol–water partition coefficient (Wildman–Crippen LogP) is 1.23. The molecule has 1 unspecified atom stereocenters. The first-order valence-electron chi connectivity index (χ1n) is 5.44. The number of rotatable bonds is 3. The Labute approximate surface area is 102 Å². The number of carboxylic acid groups (broad SMARTS) is 1. The highest BCUT2D eigenvalue weighted by Gasteiger charge is 2.35. The Morgan fingerprint density at radius 1 is 1.50 bits per heavy atom. The van der Waals surface area contributed by atoms with Crippen molar-refractivity contribution >= 4 is 17.1 Å². The summed E-state index contributed by atoms with van der Waals surface area (Å²) >= 11 is 0. The second-order valence-electron chi connectivity index (χ2n) is 4.77. The fourth-order valence-corrected chi connectivity index (χ4v) is 1.71. The fraction of sp³-hybridized carbons (Fsp3) is 0.333. The molecule has 0 amide bonds. The van der Waals surface area contributed by atoms with E-state index >= 15 is 0 Å². The molecule has 18 heavy (non-hydrogen) atoms. The van der Waals surface area contributed by atoms with Gasteiger partial charge in [-0.1, -0.05) is 6.07 Å². The van der Waals surface area contributed by atoms with E-state index in [1.807, 2.05) is 0 Å². The highest BCUT2D eigenvalue weighted by Crippen LogP contribution is 2.32. The molecule has 96 valence electrons. The summed E-state index contributed by atoms with van der Waals surface area (Å²) in [5.74, 6) is -1.52. The predicted molar refractivity (Wildman–Crippen MR) is 65.2 cm³/mol. The first-order chi connectivity index (χ1) is 8.32. The van der Waals surface area contributed by atoms with Crippen molar-refractivity contribution in [3.05, 3.63) is 34.3 Å². The van der Waals surface area contributed by atoms with Gasteiger partial charge in [0.1, 0.15) is 0 Å². The molecule has 0 aliphatic rings. The first kappa shape index (κ1) is 12.4. The summed E-state index contributed by atoms with van der Waals surface area (Å²) in [4.78, 5) is 24.7. The summed E-state index contributed by atoms with van der Waals surface area (Å²) in [5, 5.41) is 9.13. The van der Waals surface area contributed by atoms with Gasteiger partial charge in [-0.15, -0.1) is 0 Å². The molecule has 0 aliphatic heterocycles. The van der Waals surface area contributed by atoms with Crippen molar-refractivity contribution in [2.24, 2.45) is 11.1 Å². The van der Waals surface area contributed by atoms with Crippen LogP contribution in [-0.2, 0) is 4.79 Å². The molecular weight excluding hydrogens is 236 g/mol. The van der Waals surface area contributed by atoms with Crippen LogP contribution in [0.4, 0.5) is 0 Å². The number of aliphatic carboxylic acids is 1. The number of aromatic nitrogens is 1. The number of nitrogens with one attached hydrogen (secondary N) is 1. The molecule has 0 bridgehead atoms. The average molecular weight is 250 g/mol. The second kappa shape index (κ2) is 3.99. The highest BCUT2D eigenvalue weighted by molar-refractivity contribution is 5.76. The fourth-order valence-electron chi connectivity index (χ4n) is 1.71. The summed E-state index contributed by atoms with van der Waals surface area (Å²) < 4.78 is 4.87. The quantitative estimate of drug-likeness (QED) is 0.759. The molecule has 2 aromatic rings. The second-order valence-corrected chi connectivity index (χ2v) is 4.77. The maximum atomic E-state index is 11.1. The molecule has 0 radical (unpaired) electrons. The summed E-state index contributed by atoms with van der Waals surface area (Å²) in [5.41, 5.74) is 6.43. The van der Waals surface area contributed by atoms with Gasteiger partial charge in [0.25, 0.3) is 0 Å². The molecule has 1 atom stereocenters. The molecule has 2 rings (SSSR count). The lowest BCUT2D eigenvalue weighted by Crippen LogP contribution is -2.36. The average Bonchev–Trinajstić information content (AvgIpc) is 2.66. The minimum absolute atomic E-state index is 0.420. The lowest BCUT2D eigenvalue weighted by molar-refractivity contribution is -0.148. The third-order valence-electron chi connectivity index (χ3n) is 3.13. The molecule has 0 fully saturated rings. The van der Waals surface area contributed by atoms with Crippen LogP contribution in [-0.4, -0.2) is 16.1 Å². The molecule has 1 heterocycles. The Kier molecular flexibility index (Phi) is 2.74. The number of hydrogen-bond donors (Lipinski definition) is 3. The van der Waals surface area contributed by atoms with Crippen LogP contribution in [0.25, 0.3) is 11.1 Å². The summed E-state index contributed by atoms with van der Waals surface area (Å²) in [6.45, 7) is 3.12. The smallest absolute Gasteiger partial charge is 0.417 e. The Morgan fingerprint density at radius 2 is 2.17 bits per heavy atom. The van der Waals surface area contributed by atoms with Crippen LogP contribution >= 0.6 is 0 Å². The summed E-state index contributed by atoms with van der Waals surface area (Å²) in [7, 11) is 0. The number of hydrogen-bond acceptors (Lipinski definition) is 4. The van der Waals surface area contributed by atoms with Crippen LogP contribution in [0.3, 0.4) is 0 Å². The van der Waals surface area contributed by atoms with Crippen LogP contribution in [0.5, 0.6) is 0 Å². The van der Waals surface area contributed by atoms with Gasteiger partial charge < -0.3 is 15.3 Å². The van der Waals surface area contributed by atoms with E-state index in [4.69, 9.17) is 15.3 Å². The maximum Gasteiger partial charge on any atom is 0.417 e. The van der Waals surface area contributed by atoms with Gasteiger partial charge in [-0.05, 0) is 31.5 Å². The number of benzene rings is 1. The van der Waals surface area contributed by atoms with E-state index in [0.717, 1.165) is 0 Å². The zero-order valence-corrected chi connectivity index (χ0v) is 10.1. The highest BCUT2D eigenvalue weighted by atomic mass is 16.4. The standard InChI is InChI=1S/C12H14N2O4/c1-12(2,10(15)16)9(13)6-3-4-8-7(5-6)14-11(17)18-8/h3-5,9H,13H2,1-2H3,(H,14,17)(H,15,16). The maximum absolute atomic E-state index is 11.1. The molecular formula is C12H14N2O4. The largest absolute Gasteiger partial charge is 0.481 e. The number of nitrogens with two attached hydrogens (primary N) is 1. The van der Waals surface area contributed by atoms with Gasteiger partial charge in [-0.3, -0.25) is 9.78 Å². The van der Waals surface area contributed by atoms with E-state index in [0.29, 0.717) is 16.7 Å². The van der Waals surface area contributed by atoms with Crippen molar-refractivity contribution in [3.8, 4) is 0 Å². The molecule has 0 spiro atoms. The van der Waals surface area contributed by atoms with Crippen molar-refractivity contribution in [2.45, 2.75) is 19.9 Å². The molecule has 0 aliphatic carbocycles. The number of aromatic amines is 1. The Balaban J connectivity index is 2.48. The van der Waals surface area contributed by atoms with E-state index in [9.17, 15) is 9.59 Å². The van der Waals surface area contributed by atoms with Crippen molar-refractivity contribution in [2.75, 3.05) is 0 Å². The number of oxazole rings is 1. The van der Waals surface area contributed by atoms with Crippen LogP contribution in [0, 0.1) is 5.41 Å². The monoisotopic (exact) mass is 250 g/mol. The van der Waals surface area contributed by atoms with Crippen LogP contribution in [0.1, 0.15) is 25.5 Å². The number of H-pyrrole nitrogens is 1. The third kappa shape index (κ3) is 1.91. The topological polar surface area (TPSA) is 109 Å². The molecule has 0 saturated heterocycles. The van der Waals surface area contributed by atoms with Gasteiger partial charge in [-0.2, -0.15) is 0 Å². The lowest BCUT2D eigenvalue weighted by Gasteiger charge is -2.27. The summed E-state index contributed by atoms with van der Waals surface area (Å²) in [6.07, 6.45) is 0. The Hall–Kier alpha value is -2.08. The van der Waals surface area contributed by atoms with Crippen LogP contribution in [0.15, 0.2) is 27.4 Å². The molecule has 1 aromatic carbocycles. The molecule has 4 N–H and O–H groups in total. The minimum atomic E-state index is -1.10. The van der Waals surface area contributed by atoms with Crippen molar-refractivity contribution in [3.63, 3.8) is 0 Å². The van der Waals surface area contributed by atoms with Gasteiger partial charge in [0.2, 0.25) is 0 Å². The van der Waals surface area contributed by atoms with Gasteiger partial charge >= 0.3 is 11.7 Å². The van der Waals surface area contributed by atoms with E-state index in [1.165, 1.54) is 0 Å². The Bertz CT molecular complexity index is 653. The van der Waals surface area contributed by atoms with Crippen molar-refractivity contribution in [1.29, 1.82) is 0 Å². The van der Waals surface area contributed by atoms with Gasteiger partial charge in [0.05, 0.1) is 10.9 Å². The number of fused-ring (bicyclic) bond motifs is 1. The zero-order chi connectivity index (χ0) is 13.5. The van der Waals surface area contributed by atoms with E-state index in [1.54, 1.807) is 32.0 Å². The number of carbonyl (C=O) groups is 1. The van der Waals surface area contributed by atoms with Crippen molar-refractivity contribution in [1.82, 2.24) is 4.98 Å². The van der Waals surface area contributed by atoms with Gasteiger partial charge in [0, 0.05) is 6.04 Å². The molecule has 1 aromatic heterocycles. The van der Waals surface area contributed by atoms with Crippen LogP contribution in [0.2, 0.25) is 0 Å². The normalized spacial score (nSPS) is 13.7. The van der Waals surface area contributed by atoms with Gasteiger partial charge in [-0.25, -0.2) is 4.79 Å². The minimum Gasteiger partial charge on any atom is -0.481 e. The zero-order valence-electron chi connectivity index (χ0n) is 10.1. The SMILES string of the molecule is CC(C)(C(=O)O)C(N)c1ccc2oc(=O)[nH]c2c1. The Morgan fingerprint density at radius 3 is 2.78 bits per heavy atom. The van der Waals surface area contributed by atoms with Crippen LogP contribution < -0.4 is 11.5 Å². The van der Waals surface area contributed by atoms with Gasteiger partial charge in [0.15, 0.2) is 5.58 Å². The first-order valence-corrected chi connectivity index (χ1v) is 5.44. The van der Waals surface area contributed by atoms with Crippen molar-refractivity contribution < 1.29 is 14.3 Å². The molecule has 6 heteroatoms. The van der Waals surface area contributed by atoms with E-state index in [-0.39, 0.29) is 0 Å². The molecule has 6 nitrogen and oxygen atoms in total. The lowest BCUT2D eigenvalue weighted by atomic mass is 9.81. The van der Waals surface area contributed by atoms with E-state index in [2.05, 4.69) is 4.98 Å². The summed E-state index contributed by atoms with van der Waals surface area (Å²) in [6, 6.07) is 4.21.